The molecule has 0 bridgehead atoms. The zero-order valence-electron chi connectivity index (χ0n) is 14.9. The van der Waals surface area contributed by atoms with Gasteiger partial charge in [0.25, 0.3) is 10.0 Å². The number of nitrogens with zero attached hydrogens (tertiary/aromatic N) is 1. The monoisotopic (exact) mass is 434 g/mol. The Hall–Kier alpha value is -2.19. The molecule has 0 spiro atoms. The van der Waals surface area contributed by atoms with Crippen molar-refractivity contribution in [3.63, 3.8) is 0 Å². The molecule has 0 aliphatic carbocycles. The number of halogens is 1. The van der Waals surface area contributed by atoms with Crippen molar-refractivity contribution in [3.8, 4) is 0 Å². The number of hydrogen-bond donors (Lipinski definition) is 1. The molecular weight excluding hydrogens is 416 g/mol. The Kier molecular flexibility index (Phi) is 6.85. The highest BCUT2D eigenvalue weighted by atomic mass is 35.5. The number of sulfonamides is 1. The van der Waals surface area contributed by atoms with Gasteiger partial charge in [-0.3, -0.25) is 4.79 Å². The molecule has 0 atom stereocenters. The van der Waals surface area contributed by atoms with E-state index in [1.165, 1.54) is 4.31 Å². The van der Waals surface area contributed by atoms with E-state index in [1.807, 2.05) is 48.5 Å². The molecule has 1 aromatic heterocycles. The zero-order valence-corrected chi connectivity index (χ0v) is 17.3. The lowest BCUT2D eigenvalue weighted by Crippen LogP contribution is -2.39. The average Bonchev–Trinajstić information content (AvgIpc) is 3.23. The van der Waals surface area contributed by atoms with Crippen molar-refractivity contribution < 1.29 is 13.2 Å². The summed E-state index contributed by atoms with van der Waals surface area (Å²) in [7, 11) is -3.78. The number of hydrogen-bond acceptors (Lipinski definition) is 4. The standard InChI is InChI=1S/C20H19ClN2O3S2/c21-18-10-5-4-9-17(18)13-22-19(24)15-23(14-16-7-2-1-3-8-16)28(25,26)20-11-6-12-27-20/h1-12H,13-15H2,(H,22,24). The van der Waals surface area contributed by atoms with Gasteiger partial charge < -0.3 is 5.32 Å². The second kappa shape index (κ2) is 9.34. The quantitative estimate of drug-likeness (QED) is 0.584. The van der Waals surface area contributed by atoms with Crippen LogP contribution in [0.3, 0.4) is 0 Å². The minimum absolute atomic E-state index is 0.112. The molecule has 28 heavy (non-hydrogen) atoms. The van der Waals surface area contributed by atoms with Crippen LogP contribution in [-0.4, -0.2) is 25.2 Å². The van der Waals surface area contributed by atoms with Crippen LogP contribution >= 0.6 is 22.9 Å². The molecule has 0 fully saturated rings. The normalized spacial score (nSPS) is 11.5. The SMILES string of the molecule is O=C(CN(Cc1ccccc1)S(=O)(=O)c1cccs1)NCc1ccccc1Cl. The van der Waals surface area contributed by atoms with Crippen molar-refractivity contribution in [2.24, 2.45) is 0 Å². The maximum atomic E-state index is 13.0. The summed E-state index contributed by atoms with van der Waals surface area (Å²) < 4.78 is 27.4. The summed E-state index contributed by atoms with van der Waals surface area (Å²) in [5.41, 5.74) is 1.58. The lowest BCUT2D eigenvalue weighted by Gasteiger charge is -2.21. The van der Waals surface area contributed by atoms with E-state index >= 15 is 0 Å². The molecule has 0 unspecified atom stereocenters. The van der Waals surface area contributed by atoms with Crippen LogP contribution in [0.4, 0.5) is 0 Å². The van der Waals surface area contributed by atoms with Crippen LogP contribution in [0.25, 0.3) is 0 Å². The van der Waals surface area contributed by atoms with Gasteiger partial charge in [0.05, 0.1) is 6.54 Å². The topological polar surface area (TPSA) is 66.5 Å². The predicted octanol–water partition coefficient (Wildman–Crippen LogP) is 3.91. The minimum Gasteiger partial charge on any atom is -0.351 e. The average molecular weight is 435 g/mol. The molecule has 146 valence electrons. The summed E-state index contributed by atoms with van der Waals surface area (Å²) in [6.45, 7) is 0.0664. The van der Waals surface area contributed by atoms with E-state index in [0.717, 1.165) is 22.5 Å². The van der Waals surface area contributed by atoms with E-state index in [2.05, 4.69) is 5.32 Å². The van der Waals surface area contributed by atoms with E-state index in [9.17, 15) is 13.2 Å². The smallest absolute Gasteiger partial charge is 0.253 e. The van der Waals surface area contributed by atoms with Gasteiger partial charge in [0.2, 0.25) is 5.91 Å². The fourth-order valence-electron chi connectivity index (χ4n) is 2.60. The van der Waals surface area contributed by atoms with Gasteiger partial charge in [-0.25, -0.2) is 8.42 Å². The van der Waals surface area contributed by atoms with Crippen LogP contribution < -0.4 is 5.32 Å². The lowest BCUT2D eigenvalue weighted by atomic mass is 10.2. The Bertz CT molecular complexity index is 1020. The number of nitrogens with one attached hydrogen (secondary N) is 1. The third kappa shape index (κ3) is 5.20. The summed E-state index contributed by atoms with van der Waals surface area (Å²) in [6.07, 6.45) is 0. The first kappa shape index (κ1) is 20.5. The summed E-state index contributed by atoms with van der Waals surface area (Å²) in [6, 6.07) is 19.6. The number of carbonyl (C=O) groups excluding carboxylic acids is 1. The van der Waals surface area contributed by atoms with Gasteiger partial charge in [-0.1, -0.05) is 66.2 Å². The van der Waals surface area contributed by atoms with E-state index in [-0.39, 0.29) is 23.8 Å². The number of amides is 1. The first-order valence-corrected chi connectivity index (χ1v) is 11.2. The second-order valence-corrected chi connectivity index (χ2v) is 9.58. The largest absolute Gasteiger partial charge is 0.351 e. The number of carbonyl (C=O) groups is 1. The highest BCUT2D eigenvalue weighted by molar-refractivity contribution is 7.91. The van der Waals surface area contributed by atoms with E-state index in [1.54, 1.807) is 23.6 Å². The van der Waals surface area contributed by atoms with E-state index in [4.69, 9.17) is 11.6 Å². The summed E-state index contributed by atoms with van der Waals surface area (Å²) in [4.78, 5) is 12.5. The van der Waals surface area contributed by atoms with Gasteiger partial charge in [-0.15, -0.1) is 11.3 Å². The molecule has 5 nitrogen and oxygen atoms in total. The highest BCUT2D eigenvalue weighted by Gasteiger charge is 2.27. The molecule has 1 amide bonds. The van der Waals surface area contributed by atoms with Crippen molar-refractivity contribution in [2.75, 3.05) is 6.54 Å². The number of rotatable bonds is 8. The molecule has 0 saturated carbocycles. The van der Waals surface area contributed by atoms with Crippen molar-refractivity contribution in [1.29, 1.82) is 0 Å². The van der Waals surface area contributed by atoms with E-state index in [0.29, 0.717) is 5.02 Å². The van der Waals surface area contributed by atoms with Crippen LogP contribution in [0, 0.1) is 0 Å². The highest BCUT2D eigenvalue weighted by Crippen LogP contribution is 2.22. The molecule has 0 saturated heterocycles. The molecule has 1 N–H and O–H groups in total. The molecule has 3 aromatic rings. The van der Waals surface area contributed by atoms with Crippen LogP contribution in [0.5, 0.6) is 0 Å². The molecule has 0 aliphatic heterocycles. The van der Waals surface area contributed by atoms with Crippen molar-refractivity contribution in [1.82, 2.24) is 9.62 Å². The van der Waals surface area contributed by atoms with Gasteiger partial charge >= 0.3 is 0 Å². The first-order valence-electron chi connectivity index (χ1n) is 8.54. The molecule has 2 aromatic carbocycles. The van der Waals surface area contributed by atoms with Crippen LogP contribution in [-0.2, 0) is 27.9 Å². The van der Waals surface area contributed by atoms with E-state index < -0.39 is 15.9 Å². The van der Waals surface area contributed by atoms with Gasteiger partial charge in [0.1, 0.15) is 4.21 Å². The van der Waals surface area contributed by atoms with Crippen molar-refractivity contribution in [3.05, 3.63) is 88.3 Å². The Morgan fingerprint density at radius 1 is 1.00 bits per heavy atom. The van der Waals surface area contributed by atoms with Gasteiger partial charge in [0.15, 0.2) is 0 Å². The third-order valence-electron chi connectivity index (χ3n) is 4.04. The Balaban J connectivity index is 1.75. The molecule has 8 heteroatoms. The predicted molar refractivity (Wildman–Crippen MR) is 112 cm³/mol. The van der Waals surface area contributed by atoms with Crippen LogP contribution in [0.2, 0.25) is 5.02 Å². The Morgan fingerprint density at radius 2 is 1.71 bits per heavy atom. The fourth-order valence-corrected chi connectivity index (χ4v) is 5.33. The molecule has 0 radical (unpaired) electrons. The number of thiophene rings is 1. The Morgan fingerprint density at radius 3 is 2.39 bits per heavy atom. The maximum Gasteiger partial charge on any atom is 0.253 e. The summed E-state index contributed by atoms with van der Waals surface area (Å²) in [5.74, 6) is -0.393. The molecule has 0 aliphatic rings. The van der Waals surface area contributed by atoms with Crippen molar-refractivity contribution in [2.45, 2.75) is 17.3 Å². The first-order chi connectivity index (χ1) is 13.5. The summed E-state index contributed by atoms with van der Waals surface area (Å²) in [5, 5.41) is 5.00. The van der Waals surface area contributed by atoms with Gasteiger partial charge in [-0.2, -0.15) is 4.31 Å². The summed E-state index contributed by atoms with van der Waals surface area (Å²) >= 11 is 7.23. The van der Waals surface area contributed by atoms with Crippen LogP contribution in [0.1, 0.15) is 11.1 Å². The third-order valence-corrected chi connectivity index (χ3v) is 7.58. The maximum absolute atomic E-state index is 13.0. The molecular formula is C20H19ClN2O3S2. The zero-order chi connectivity index (χ0) is 20.0. The van der Waals surface area contributed by atoms with Gasteiger partial charge in [0, 0.05) is 18.1 Å². The molecule has 1 heterocycles. The van der Waals surface area contributed by atoms with Gasteiger partial charge in [-0.05, 0) is 28.6 Å². The number of benzene rings is 2. The fraction of sp³-hybridized carbons (Fsp3) is 0.150. The lowest BCUT2D eigenvalue weighted by molar-refractivity contribution is -0.121. The van der Waals surface area contributed by atoms with Crippen LogP contribution in [0.15, 0.2) is 76.3 Å². The second-order valence-electron chi connectivity index (χ2n) is 6.06. The molecule has 3 rings (SSSR count). The minimum atomic E-state index is -3.78. The van der Waals surface area contributed by atoms with Crippen molar-refractivity contribution >= 4 is 38.9 Å². The Labute approximate surface area is 173 Å².